The van der Waals surface area contributed by atoms with Gasteiger partial charge in [0.25, 0.3) is 5.91 Å². The van der Waals surface area contributed by atoms with Crippen molar-refractivity contribution in [1.29, 1.82) is 5.26 Å². The molecule has 2 atom stereocenters. The lowest BCUT2D eigenvalue weighted by atomic mass is 9.93. The Bertz CT molecular complexity index is 1040. The van der Waals surface area contributed by atoms with Crippen LogP contribution in [0.3, 0.4) is 0 Å². The fraction of sp³-hybridized carbons (Fsp3) is 0.478. The molecule has 2 amide bonds. The third kappa shape index (κ3) is 5.25. The number of nitrogens with zero attached hydrogens (tertiary/aromatic N) is 4. The predicted octanol–water partition coefficient (Wildman–Crippen LogP) is 3.72. The molecule has 33 heavy (non-hydrogen) atoms. The Labute approximate surface area is 191 Å². The largest absolute Gasteiger partial charge is 0.446 e. The van der Waals surface area contributed by atoms with E-state index in [2.05, 4.69) is 16.5 Å². The van der Waals surface area contributed by atoms with Gasteiger partial charge in [-0.1, -0.05) is 6.42 Å². The number of nitrogens with two attached hydrogens (primary N) is 1. The highest BCUT2D eigenvalue weighted by Gasteiger charge is 2.35. The Balaban J connectivity index is 1.47. The average Bonchev–Trinajstić information content (AvgIpc) is 3.24. The summed E-state index contributed by atoms with van der Waals surface area (Å²) in [7, 11) is 0. The first-order chi connectivity index (χ1) is 15.9. The quantitative estimate of drug-likeness (QED) is 0.709. The van der Waals surface area contributed by atoms with E-state index in [1.807, 2.05) is 0 Å². The van der Waals surface area contributed by atoms with Crippen molar-refractivity contribution < 1.29 is 18.7 Å². The number of benzene rings is 1. The molecule has 0 radical (unpaired) electrons. The normalized spacial score (nSPS) is 21.3. The molecular weight excluding hydrogens is 427 g/mol. The zero-order valence-electron chi connectivity index (χ0n) is 18.2. The number of halogens is 1. The minimum absolute atomic E-state index is 0.0474. The van der Waals surface area contributed by atoms with Crippen LogP contribution in [0, 0.1) is 23.1 Å². The molecule has 10 heteroatoms. The predicted molar refractivity (Wildman–Crippen MR) is 118 cm³/mol. The maximum absolute atomic E-state index is 13.2. The van der Waals surface area contributed by atoms with Crippen LogP contribution in [0.2, 0.25) is 0 Å². The molecule has 1 saturated heterocycles. The molecule has 0 bridgehead atoms. The smallest absolute Gasteiger partial charge is 0.410 e. The topological polar surface area (TPSA) is 126 Å². The van der Waals surface area contributed by atoms with Crippen molar-refractivity contribution in [3.8, 4) is 6.07 Å². The molecule has 9 nitrogen and oxygen atoms in total. The number of primary amides is 1. The van der Waals surface area contributed by atoms with Crippen LogP contribution in [0.4, 0.5) is 20.7 Å². The molecule has 2 fully saturated rings. The number of hydrogen-bond acceptors (Lipinski definition) is 6. The number of aromatic nitrogens is 2. The van der Waals surface area contributed by atoms with Crippen LogP contribution in [-0.4, -0.2) is 45.9 Å². The van der Waals surface area contributed by atoms with Crippen LogP contribution in [0.1, 0.15) is 54.9 Å². The number of carbonyl (C=O) groups excluding carboxylic acids is 2. The van der Waals surface area contributed by atoms with E-state index in [0.717, 1.165) is 25.7 Å². The Kier molecular flexibility index (Phi) is 6.77. The number of carbonyl (C=O) groups is 2. The maximum Gasteiger partial charge on any atom is 0.410 e. The Morgan fingerprint density at radius 3 is 2.58 bits per heavy atom. The van der Waals surface area contributed by atoms with E-state index in [-0.39, 0.29) is 42.0 Å². The van der Waals surface area contributed by atoms with Gasteiger partial charge in [0, 0.05) is 25.0 Å². The maximum atomic E-state index is 13.2. The molecule has 2 aromatic rings. The number of ether oxygens (including phenoxy) is 1. The summed E-state index contributed by atoms with van der Waals surface area (Å²) in [5.41, 5.74) is 6.23. The third-order valence-corrected chi connectivity index (χ3v) is 6.26. The lowest BCUT2D eigenvalue weighted by Crippen LogP contribution is -2.45. The molecular formula is C23H27FN6O3. The first kappa shape index (κ1) is 22.6. The van der Waals surface area contributed by atoms with Crippen molar-refractivity contribution in [2.45, 2.75) is 50.7 Å². The van der Waals surface area contributed by atoms with Gasteiger partial charge in [0.2, 0.25) is 0 Å². The zero-order valence-corrected chi connectivity index (χ0v) is 18.2. The number of hydrogen-bond donors (Lipinski definition) is 2. The van der Waals surface area contributed by atoms with Crippen LogP contribution < -0.4 is 11.1 Å². The van der Waals surface area contributed by atoms with Crippen molar-refractivity contribution in [2.75, 3.05) is 18.4 Å². The second-order valence-corrected chi connectivity index (χ2v) is 8.55. The van der Waals surface area contributed by atoms with Crippen LogP contribution in [0.25, 0.3) is 0 Å². The van der Waals surface area contributed by atoms with Crippen LogP contribution >= 0.6 is 0 Å². The van der Waals surface area contributed by atoms with E-state index in [1.54, 1.807) is 9.58 Å². The van der Waals surface area contributed by atoms with E-state index in [1.165, 1.54) is 36.9 Å². The van der Waals surface area contributed by atoms with Gasteiger partial charge in [-0.15, -0.1) is 0 Å². The number of nitriles is 1. The molecule has 2 aliphatic rings. The van der Waals surface area contributed by atoms with Gasteiger partial charge in [0.1, 0.15) is 17.5 Å². The lowest BCUT2D eigenvalue weighted by Gasteiger charge is -2.35. The molecule has 2 heterocycles. The van der Waals surface area contributed by atoms with Gasteiger partial charge in [-0.2, -0.15) is 10.4 Å². The molecule has 1 saturated carbocycles. The molecule has 0 unspecified atom stereocenters. The van der Waals surface area contributed by atoms with Gasteiger partial charge in [-0.3, -0.25) is 9.48 Å². The first-order valence-electron chi connectivity index (χ1n) is 11.2. The van der Waals surface area contributed by atoms with Gasteiger partial charge in [-0.05, 0) is 56.4 Å². The minimum Gasteiger partial charge on any atom is -0.446 e. The van der Waals surface area contributed by atoms with Crippen molar-refractivity contribution in [2.24, 2.45) is 11.7 Å². The van der Waals surface area contributed by atoms with Crippen LogP contribution in [-0.2, 0) is 4.74 Å². The highest BCUT2D eigenvalue weighted by atomic mass is 19.1. The SMILES string of the molecule is N#C[C@H]1CN(C(=O)OC2CCCCC2)CC[C@H]1n1cc(C(N)=O)c(Nc2ccc(F)cc2)n1. The zero-order chi connectivity index (χ0) is 23.4. The van der Waals surface area contributed by atoms with E-state index in [0.29, 0.717) is 18.7 Å². The van der Waals surface area contributed by atoms with E-state index < -0.39 is 11.8 Å². The summed E-state index contributed by atoms with van der Waals surface area (Å²) in [5.74, 6) is -1.36. The summed E-state index contributed by atoms with van der Waals surface area (Å²) in [6.45, 7) is 0.639. The average molecular weight is 455 g/mol. The summed E-state index contributed by atoms with van der Waals surface area (Å²) < 4.78 is 20.4. The van der Waals surface area contributed by atoms with Gasteiger partial charge in [-0.25, -0.2) is 9.18 Å². The van der Waals surface area contributed by atoms with Gasteiger partial charge in [0.05, 0.1) is 18.0 Å². The summed E-state index contributed by atoms with van der Waals surface area (Å²) in [4.78, 5) is 26.2. The first-order valence-corrected chi connectivity index (χ1v) is 11.2. The van der Waals surface area contributed by atoms with Gasteiger partial charge in [0.15, 0.2) is 5.82 Å². The van der Waals surface area contributed by atoms with Crippen LogP contribution in [0.15, 0.2) is 30.5 Å². The van der Waals surface area contributed by atoms with Gasteiger partial charge >= 0.3 is 6.09 Å². The molecule has 4 rings (SSSR count). The standard InChI is InChI=1S/C23H27FN6O3/c24-16-6-8-17(9-7-16)27-22-19(21(26)31)14-30(28-22)20-10-11-29(13-15(20)12-25)23(32)33-18-4-2-1-3-5-18/h6-9,14-15,18,20H,1-5,10-11,13H2,(H2,26,31)(H,27,28)/t15-,20+/m0/s1. The fourth-order valence-corrected chi connectivity index (χ4v) is 4.45. The summed E-state index contributed by atoms with van der Waals surface area (Å²) in [6, 6.07) is 7.55. The summed E-state index contributed by atoms with van der Waals surface area (Å²) in [6.07, 6.45) is 6.64. The lowest BCUT2D eigenvalue weighted by molar-refractivity contribution is 0.0329. The highest BCUT2D eigenvalue weighted by Crippen LogP contribution is 2.31. The molecule has 1 aromatic carbocycles. The van der Waals surface area contributed by atoms with E-state index in [9.17, 15) is 19.2 Å². The molecule has 3 N–H and O–H groups in total. The van der Waals surface area contributed by atoms with Gasteiger partial charge < -0.3 is 20.7 Å². The highest BCUT2D eigenvalue weighted by molar-refractivity contribution is 5.98. The van der Waals surface area contributed by atoms with Crippen molar-refractivity contribution >= 4 is 23.5 Å². The fourth-order valence-electron chi connectivity index (χ4n) is 4.45. The number of piperidine rings is 1. The minimum atomic E-state index is -0.673. The van der Waals surface area contributed by atoms with Crippen molar-refractivity contribution in [1.82, 2.24) is 14.7 Å². The molecule has 1 aromatic heterocycles. The second-order valence-electron chi connectivity index (χ2n) is 8.55. The molecule has 174 valence electrons. The number of anilines is 2. The van der Waals surface area contributed by atoms with Crippen molar-refractivity contribution in [3.63, 3.8) is 0 Å². The van der Waals surface area contributed by atoms with E-state index in [4.69, 9.17) is 10.5 Å². The van der Waals surface area contributed by atoms with E-state index >= 15 is 0 Å². The Hall–Kier alpha value is -3.61. The van der Waals surface area contributed by atoms with Crippen molar-refractivity contribution in [3.05, 3.63) is 41.8 Å². The number of rotatable bonds is 5. The Morgan fingerprint density at radius 2 is 1.91 bits per heavy atom. The monoisotopic (exact) mass is 454 g/mol. The number of likely N-dealkylation sites (tertiary alicyclic amines) is 1. The summed E-state index contributed by atoms with van der Waals surface area (Å²) >= 11 is 0. The summed E-state index contributed by atoms with van der Waals surface area (Å²) in [5, 5.41) is 17.2. The number of nitrogens with one attached hydrogen (secondary N) is 1. The second kappa shape index (κ2) is 9.90. The molecule has 1 aliphatic heterocycles. The Morgan fingerprint density at radius 1 is 1.18 bits per heavy atom. The van der Waals surface area contributed by atoms with Crippen LogP contribution in [0.5, 0.6) is 0 Å². The number of amides is 2. The molecule has 1 aliphatic carbocycles. The third-order valence-electron chi connectivity index (χ3n) is 6.26. The molecule has 0 spiro atoms.